The quantitative estimate of drug-likeness (QED) is 0.578. The van der Waals surface area contributed by atoms with E-state index >= 15 is 0 Å². The van der Waals surface area contributed by atoms with E-state index < -0.39 is 0 Å². The van der Waals surface area contributed by atoms with Gasteiger partial charge >= 0.3 is 5.97 Å². The molecule has 1 fully saturated rings. The van der Waals surface area contributed by atoms with Gasteiger partial charge in [0.1, 0.15) is 0 Å². The Balaban J connectivity index is 2.66. The molecule has 0 N–H and O–H groups in total. The summed E-state index contributed by atoms with van der Waals surface area (Å²) in [6.07, 6.45) is 2.75. The van der Waals surface area contributed by atoms with Crippen molar-refractivity contribution in [2.45, 2.75) is 17.7 Å². The first-order valence-electron chi connectivity index (χ1n) is 3.65. The van der Waals surface area contributed by atoms with Crippen LogP contribution in [0.25, 0.3) is 0 Å². The van der Waals surface area contributed by atoms with Crippen molar-refractivity contribution in [2.24, 2.45) is 5.92 Å². The van der Waals surface area contributed by atoms with E-state index in [1.165, 1.54) is 7.11 Å². The molecular formula is C8H10Br2O2. The molecule has 1 aliphatic rings. The number of rotatable bonds is 2. The molecule has 1 aliphatic carbocycles. The van der Waals surface area contributed by atoms with Gasteiger partial charge in [0.2, 0.25) is 0 Å². The van der Waals surface area contributed by atoms with E-state index in [9.17, 15) is 4.79 Å². The summed E-state index contributed by atoms with van der Waals surface area (Å²) in [4.78, 5) is 11.1. The van der Waals surface area contributed by atoms with E-state index in [0.717, 1.165) is 10.9 Å². The topological polar surface area (TPSA) is 26.3 Å². The fourth-order valence-corrected chi connectivity index (χ4v) is 2.33. The van der Waals surface area contributed by atoms with Gasteiger partial charge in [0.25, 0.3) is 0 Å². The summed E-state index contributed by atoms with van der Waals surface area (Å²) < 4.78 is 5.48. The second-order valence-corrected chi connectivity index (χ2v) is 5.05. The van der Waals surface area contributed by atoms with Crippen LogP contribution in [0.5, 0.6) is 0 Å². The average molecular weight is 298 g/mol. The summed E-state index contributed by atoms with van der Waals surface area (Å²) in [5.74, 6) is -0.182. The number of hydrogen-bond donors (Lipinski definition) is 0. The summed E-state index contributed by atoms with van der Waals surface area (Å²) in [6, 6.07) is 0. The van der Waals surface area contributed by atoms with Gasteiger partial charge in [-0.1, -0.05) is 37.9 Å². The molecule has 68 valence electrons. The Morgan fingerprint density at radius 1 is 1.75 bits per heavy atom. The molecule has 0 unspecified atom stereocenters. The summed E-state index contributed by atoms with van der Waals surface area (Å²) >= 11 is 6.91. The molecule has 0 aliphatic heterocycles. The van der Waals surface area contributed by atoms with Crippen LogP contribution in [0.15, 0.2) is 10.6 Å². The van der Waals surface area contributed by atoms with Gasteiger partial charge in [0.05, 0.1) is 17.4 Å². The maximum atomic E-state index is 11.1. The highest BCUT2D eigenvalue weighted by atomic mass is 79.9. The smallest absolute Gasteiger partial charge is 0.310 e. The fourth-order valence-electron chi connectivity index (χ4n) is 1.15. The number of hydrogen-bond acceptors (Lipinski definition) is 2. The Hall–Kier alpha value is 0.170. The molecule has 12 heavy (non-hydrogen) atoms. The van der Waals surface area contributed by atoms with Gasteiger partial charge in [-0.05, 0) is 13.3 Å². The normalized spacial score (nSPS) is 34.7. The zero-order valence-corrected chi connectivity index (χ0v) is 10.1. The lowest BCUT2D eigenvalue weighted by Crippen LogP contribution is -2.11. The van der Waals surface area contributed by atoms with Crippen molar-refractivity contribution in [1.29, 1.82) is 0 Å². The van der Waals surface area contributed by atoms with Crippen molar-refractivity contribution < 1.29 is 9.53 Å². The summed E-state index contributed by atoms with van der Waals surface area (Å²) in [7, 11) is 1.41. The second-order valence-electron chi connectivity index (χ2n) is 2.78. The number of esters is 1. The molecule has 2 atom stereocenters. The highest BCUT2D eigenvalue weighted by Crippen LogP contribution is 2.58. The van der Waals surface area contributed by atoms with Crippen LogP contribution in [0.4, 0.5) is 0 Å². The minimum absolute atomic E-state index is 0.0342. The third-order valence-electron chi connectivity index (χ3n) is 2.03. The van der Waals surface area contributed by atoms with Crippen LogP contribution in [0.3, 0.4) is 0 Å². The largest absolute Gasteiger partial charge is 0.469 e. The molecule has 1 saturated carbocycles. The second kappa shape index (κ2) is 3.50. The van der Waals surface area contributed by atoms with Crippen molar-refractivity contribution in [1.82, 2.24) is 0 Å². The van der Waals surface area contributed by atoms with E-state index in [1.807, 2.05) is 13.0 Å². The SMILES string of the molecule is C/C=C(\Br)[C@]1(Br)C[C@@H]1C(=O)OC. The Morgan fingerprint density at radius 2 is 2.33 bits per heavy atom. The Kier molecular flexibility index (Phi) is 2.99. The van der Waals surface area contributed by atoms with Crippen LogP contribution in [0.2, 0.25) is 0 Å². The summed E-state index contributed by atoms with van der Waals surface area (Å²) in [5, 5.41) is 0. The van der Waals surface area contributed by atoms with Crippen LogP contribution < -0.4 is 0 Å². The number of allylic oxidation sites excluding steroid dienone is 2. The molecule has 0 bridgehead atoms. The Labute approximate surface area is 88.6 Å². The van der Waals surface area contributed by atoms with Gasteiger partial charge in [-0.2, -0.15) is 0 Å². The molecule has 0 saturated heterocycles. The van der Waals surface area contributed by atoms with Crippen LogP contribution in [-0.2, 0) is 9.53 Å². The molecule has 0 aromatic heterocycles. The number of methoxy groups -OCH3 is 1. The average Bonchev–Trinajstić information content (AvgIpc) is 2.76. The van der Waals surface area contributed by atoms with Gasteiger partial charge in [0.15, 0.2) is 0 Å². The van der Waals surface area contributed by atoms with Crippen molar-refractivity contribution in [2.75, 3.05) is 7.11 Å². The lowest BCUT2D eigenvalue weighted by Gasteiger charge is -2.06. The number of carbonyl (C=O) groups is 1. The van der Waals surface area contributed by atoms with Crippen LogP contribution in [0, 0.1) is 5.92 Å². The van der Waals surface area contributed by atoms with E-state index in [4.69, 9.17) is 0 Å². The van der Waals surface area contributed by atoms with E-state index in [1.54, 1.807) is 0 Å². The Bertz CT molecular complexity index is 237. The predicted molar refractivity (Wildman–Crippen MR) is 54.5 cm³/mol. The lowest BCUT2D eigenvalue weighted by molar-refractivity contribution is -0.142. The molecule has 0 aromatic rings. The highest BCUT2D eigenvalue weighted by Gasteiger charge is 2.59. The number of ether oxygens (including phenoxy) is 1. The van der Waals surface area contributed by atoms with Crippen LogP contribution in [0.1, 0.15) is 13.3 Å². The summed E-state index contributed by atoms with van der Waals surface area (Å²) in [6.45, 7) is 1.93. The minimum atomic E-state index is -0.186. The third kappa shape index (κ3) is 1.59. The van der Waals surface area contributed by atoms with Gasteiger partial charge in [-0.15, -0.1) is 0 Å². The van der Waals surface area contributed by atoms with Crippen molar-refractivity contribution >= 4 is 37.8 Å². The van der Waals surface area contributed by atoms with Crippen molar-refractivity contribution in [3.8, 4) is 0 Å². The molecule has 2 nitrogen and oxygen atoms in total. The fraction of sp³-hybridized carbons (Fsp3) is 0.625. The van der Waals surface area contributed by atoms with E-state index in [0.29, 0.717) is 0 Å². The number of alkyl halides is 1. The number of carbonyl (C=O) groups excluding carboxylic acids is 1. The first-order chi connectivity index (χ1) is 5.56. The minimum Gasteiger partial charge on any atom is -0.469 e. The first kappa shape index (κ1) is 10.3. The van der Waals surface area contributed by atoms with E-state index in [-0.39, 0.29) is 16.2 Å². The summed E-state index contributed by atoms with van der Waals surface area (Å²) in [5.41, 5.74) is 0. The monoisotopic (exact) mass is 296 g/mol. The number of halogens is 2. The van der Waals surface area contributed by atoms with Crippen LogP contribution in [-0.4, -0.2) is 17.4 Å². The molecule has 0 amide bonds. The molecule has 0 heterocycles. The molecule has 4 heteroatoms. The molecule has 0 aromatic carbocycles. The van der Waals surface area contributed by atoms with Crippen molar-refractivity contribution in [3.63, 3.8) is 0 Å². The molecule has 1 rings (SSSR count). The van der Waals surface area contributed by atoms with Gasteiger partial charge in [-0.25, -0.2) is 0 Å². The lowest BCUT2D eigenvalue weighted by atomic mass is 10.3. The van der Waals surface area contributed by atoms with Gasteiger partial charge in [0, 0.05) is 4.48 Å². The zero-order valence-electron chi connectivity index (χ0n) is 6.93. The maximum Gasteiger partial charge on any atom is 0.310 e. The molecule has 0 spiro atoms. The zero-order chi connectivity index (χ0) is 9.35. The predicted octanol–water partition coefficient (Wildman–Crippen LogP) is 2.61. The highest BCUT2D eigenvalue weighted by molar-refractivity contribution is 9.14. The first-order valence-corrected chi connectivity index (χ1v) is 5.24. The molecule has 0 radical (unpaired) electrons. The standard InChI is InChI=1S/C8H10Br2O2/c1-3-6(9)8(10)4-5(8)7(11)12-2/h3,5H,4H2,1-2H3/b6-3-/t5-,8+/m1/s1. The maximum absolute atomic E-state index is 11.1. The molecular weight excluding hydrogens is 288 g/mol. The van der Waals surface area contributed by atoms with E-state index in [2.05, 4.69) is 36.6 Å². The van der Waals surface area contributed by atoms with Crippen molar-refractivity contribution in [3.05, 3.63) is 10.6 Å². The van der Waals surface area contributed by atoms with Gasteiger partial charge in [-0.3, -0.25) is 4.79 Å². The third-order valence-corrected chi connectivity index (χ3v) is 5.03. The van der Waals surface area contributed by atoms with Gasteiger partial charge < -0.3 is 4.74 Å². The Morgan fingerprint density at radius 3 is 2.75 bits per heavy atom. The van der Waals surface area contributed by atoms with Crippen LogP contribution >= 0.6 is 31.9 Å².